The molecule has 2 fully saturated rings. The number of rotatable bonds is 22. The van der Waals surface area contributed by atoms with Crippen LogP contribution in [0.4, 0.5) is 0 Å². The number of nitrogens with zero attached hydrogens (tertiary/aromatic N) is 2. The second-order valence-corrected chi connectivity index (χ2v) is 35.9. The predicted molar refractivity (Wildman–Crippen MR) is 256 cm³/mol. The summed E-state index contributed by atoms with van der Waals surface area (Å²) < 4.78 is 35.6. The SMILES string of the molecule is CCCCC1(CCCC)COC2(OC1)c1nc(C)sc1-c1c(C)c3c(c(C)c12)-c1s[c]([Sn]([CH2]CCC)([CH2]CCC)[CH2]CCC)nc1C31OCC(CCCC)(CCCC)CO1. The number of unbranched alkanes of at least 4 members (excludes halogenated alkanes) is 7. The molecule has 3 aromatic rings. The first-order valence-electron chi connectivity index (χ1n) is 24.8. The predicted octanol–water partition coefficient (Wildman–Crippen LogP) is 14.8. The van der Waals surface area contributed by atoms with Gasteiger partial charge in [-0.15, -0.1) is 0 Å². The Morgan fingerprint density at radius 2 is 0.833 bits per heavy atom. The third-order valence-electron chi connectivity index (χ3n) is 15.1. The standard InChI is InChI=1S/C39H53N2O4S2.3C4H9.Sn/c1-8-12-16-36(17-13-9-2)20-42-38(43-21-36)30-26(6)29-31(25(5)28(30)32-34(38)40-24-46-32)39(35-33(29)47-27(7)41-35)44-22-37(23-45-39,18-14-10-3)19-15-11-4;3*1-3-4-2;/h8-23H2,1-7H3;3*1,3-4H2,2H3;. The van der Waals surface area contributed by atoms with Gasteiger partial charge in [0.1, 0.15) is 0 Å². The second kappa shape index (κ2) is 19.7. The Morgan fingerprint density at radius 1 is 0.483 bits per heavy atom. The van der Waals surface area contributed by atoms with Crippen molar-refractivity contribution in [1.29, 1.82) is 0 Å². The van der Waals surface area contributed by atoms with Crippen LogP contribution in [0.2, 0.25) is 13.3 Å². The normalized spacial score (nSPS) is 19.2. The molecule has 0 bridgehead atoms. The molecule has 2 saturated heterocycles. The molecule has 4 aliphatic rings. The fourth-order valence-electron chi connectivity index (χ4n) is 11.4. The Hall–Kier alpha value is -0.881. The van der Waals surface area contributed by atoms with E-state index in [4.69, 9.17) is 28.9 Å². The number of aryl methyl sites for hydroxylation is 1. The summed E-state index contributed by atoms with van der Waals surface area (Å²) >= 11 is 0.901. The Balaban J connectivity index is 1.43. The van der Waals surface area contributed by atoms with Crippen LogP contribution < -0.4 is 3.02 Å². The molecule has 0 radical (unpaired) electrons. The van der Waals surface area contributed by atoms with E-state index in [2.05, 4.69) is 80.6 Å². The number of hydrogen-bond donors (Lipinski definition) is 0. The molecule has 2 aliphatic heterocycles. The van der Waals surface area contributed by atoms with Crippen LogP contribution in [0.25, 0.3) is 20.9 Å². The van der Waals surface area contributed by atoms with E-state index in [9.17, 15) is 0 Å². The molecule has 1 aromatic carbocycles. The summed E-state index contributed by atoms with van der Waals surface area (Å²) in [6.45, 7) is 26.0. The van der Waals surface area contributed by atoms with Crippen molar-refractivity contribution in [2.24, 2.45) is 10.8 Å². The van der Waals surface area contributed by atoms with Crippen molar-refractivity contribution >= 4 is 44.1 Å². The van der Waals surface area contributed by atoms with Gasteiger partial charge in [0.15, 0.2) is 0 Å². The molecule has 0 saturated carbocycles. The van der Waals surface area contributed by atoms with Crippen LogP contribution in [0.15, 0.2) is 0 Å². The fourth-order valence-corrected chi connectivity index (χ4v) is 32.2. The van der Waals surface area contributed by atoms with Crippen LogP contribution in [0.1, 0.15) is 203 Å². The number of thiazole rings is 2. The summed E-state index contributed by atoms with van der Waals surface area (Å²) in [5.41, 5.74) is 9.46. The first-order chi connectivity index (χ1) is 29.0. The van der Waals surface area contributed by atoms with Crippen LogP contribution in [0.5, 0.6) is 0 Å². The van der Waals surface area contributed by atoms with Gasteiger partial charge >= 0.3 is 353 Å². The average Bonchev–Trinajstić information content (AvgIpc) is 4.00. The molecule has 2 aromatic heterocycles. The van der Waals surface area contributed by atoms with E-state index in [1.807, 2.05) is 0 Å². The monoisotopic (exact) mass is 968 g/mol. The van der Waals surface area contributed by atoms with Crippen LogP contribution in [-0.4, -0.2) is 54.8 Å². The third kappa shape index (κ3) is 8.20. The molecule has 6 nitrogen and oxygen atoms in total. The van der Waals surface area contributed by atoms with Gasteiger partial charge in [-0.25, -0.2) is 0 Å². The average molecular weight is 968 g/mol. The summed E-state index contributed by atoms with van der Waals surface area (Å²) in [5, 5.41) is 1.06. The summed E-state index contributed by atoms with van der Waals surface area (Å²) in [4.78, 5) is 13.8. The third-order valence-corrected chi connectivity index (χ3v) is 34.9. The number of hydrogen-bond acceptors (Lipinski definition) is 8. The fraction of sp³-hybridized carbons (Fsp3) is 0.765. The van der Waals surface area contributed by atoms with Crippen molar-refractivity contribution in [3.8, 4) is 20.9 Å². The number of ether oxygens (including phenoxy) is 4. The van der Waals surface area contributed by atoms with Crippen molar-refractivity contribution in [3.05, 3.63) is 38.6 Å². The van der Waals surface area contributed by atoms with Gasteiger partial charge in [0.2, 0.25) is 0 Å². The summed E-state index contributed by atoms with van der Waals surface area (Å²) in [7, 11) is 0. The number of benzene rings is 1. The number of aromatic nitrogens is 2. The molecule has 0 amide bonds. The molecule has 0 N–H and O–H groups in total. The van der Waals surface area contributed by atoms with Gasteiger partial charge in [0.05, 0.1) is 0 Å². The first-order valence-corrected chi connectivity index (χ1v) is 33.9. The molecule has 0 unspecified atom stereocenters. The summed E-state index contributed by atoms with van der Waals surface area (Å²) in [6, 6.07) is 0. The van der Waals surface area contributed by atoms with Crippen molar-refractivity contribution in [2.45, 2.75) is 210 Å². The number of fused-ring (bicyclic) bond motifs is 10. The van der Waals surface area contributed by atoms with Crippen LogP contribution in [0.3, 0.4) is 0 Å². The van der Waals surface area contributed by atoms with Gasteiger partial charge < -0.3 is 0 Å². The van der Waals surface area contributed by atoms with Gasteiger partial charge in [-0.1, -0.05) is 26.7 Å². The van der Waals surface area contributed by atoms with Crippen molar-refractivity contribution in [3.63, 3.8) is 0 Å². The summed E-state index contributed by atoms with van der Waals surface area (Å²) in [5.74, 6) is -2.02. The van der Waals surface area contributed by atoms with E-state index in [0.717, 1.165) is 42.1 Å². The topological polar surface area (TPSA) is 62.7 Å². The molecule has 4 heterocycles. The Morgan fingerprint density at radius 3 is 1.20 bits per heavy atom. The molecule has 60 heavy (non-hydrogen) atoms. The summed E-state index contributed by atoms with van der Waals surface area (Å²) in [6.07, 6.45) is 21.8. The van der Waals surface area contributed by atoms with E-state index < -0.39 is 30.0 Å². The van der Waals surface area contributed by atoms with Crippen molar-refractivity contribution in [2.75, 3.05) is 26.4 Å². The van der Waals surface area contributed by atoms with Crippen LogP contribution >= 0.6 is 22.7 Å². The molecule has 7 rings (SSSR count). The maximum absolute atomic E-state index is 7.56. The van der Waals surface area contributed by atoms with E-state index in [0.29, 0.717) is 26.4 Å². The molecule has 9 heteroatoms. The molecular weight excluding hydrogens is 887 g/mol. The van der Waals surface area contributed by atoms with Gasteiger partial charge in [-0.2, -0.15) is 0 Å². The Kier molecular flexibility index (Phi) is 15.5. The second-order valence-electron chi connectivity index (χ2n) is 19.8. The molecule has 2 aliphatic carbocycles. The molecule has 2 spiro atoms. The van der Waals surface area contributed by atoms with Gasteiger partial charge in [-0.3, -0.25) is 0 Å². The Bertz CT molecular complexity index is 1880. The van der Waals surface area contributed by atoms with Gasteiger partial charge in [0.25, 0.3) is 0 Å². The first kappa shape index (κ1) is 47.1. The Labute approximate surface area is 377 Å². The van der Waals surface area contributed by atoms with E-state index in [1.54, 1.807) is 11.3 Å². The zero-order valence-electron chi connectivity index (χ0n) is 39.5. The molecule has 0 atom stereocenters. The minimum absolute atomic E-state index is 0.0307. The zero-order chi connectivity index (χ0) is 42.8. The van der Waals surface area contributed by atoms with Gasteiger partial charge in [0, 0.05) is 0 Å². The van der Waals surface area contributed by atoms with Crippen LogP contribution in [0, 0.1) is 31.6 Å². The molecule has 334 valence electrons. The van der Waals surface area contributed by atoms with Crippen molar-refractivity contribution in [1.82, 2.24) is 9.97 Å². The van der Waals surface area contributed by atoms with E-state index in [1.165, 1.54) is 149 Å². The maximum atomic E-state index is 7.56. The van der Waals surface area contributed by atoms with Gasteiger partial charge in [-0.05, 0) is 0 Å². The quantitative estimate of drug-likeness (QED) is 0.0935. The van der Waals surface area contributed by atoms with E-state index >= 15 is 0 Å². The molecular formula is C51H80N2O4S2Sn. The minimum atomic E-state index is -2.95. The zero-order valence-corrected chi connectivity index (χ0v) is 44.0. The van der Waals surface area contributed by atoms with Crippen molar-refractivity contribution < 1.29 is 18.9 Å². The van der Waals surface area contributed by atoms with E-state index in [-0.39, 0.29) is 10.8 Å². The van der Waals surface area contributed by atoms with Crippen LogP contribution in [-0.2, 0) is 30.5 Å².